The fourth-order valence-electron chi connectivity index (χ4n) is 2.41. The average Bonchev–Trinajstić information content (AvgIpc) is 2.48. The third-order valence-corrected chi connectivity index (χ3v) is 3.52. The van der Waals surface area contributed by atoms with E-state index in [9.17, 15) is 5.11 Å². The van der Waals surface area contributed by atoms with Crippen LogP contribution in [0.25, 0.3) is 0 Å². The van der Waals surface area contributed by atoms with Crippen molar-refractivity contribution in [3.8, 4) is 5.75 Å². The second-order valence-corrected chi connectivity index (χ2v) is 5.07. The molecule has 0 amide bonds. The van der Waals surface area contributed by atoms with E-state index in [1.807, 2.05) is 19.1 Å². The average molecular weight is 234 g/mol. The Balaban J connectivity index is 2.00. The monoisotopic (exact) mass is 234 g/mol. The van der Waals surface area contributed by atoms with Gasteiger partial charge in [0.15, 0.2) is 0 Å². The lowest BCUT2D eigenvalue weighted by Gasteiger charge is -2.19. The molecule has 3 nitrogen and oxygen atoms in total. The molecule has 2 rings (SSSR count). The first-order valence-corrected chi connectivity index (χ1v) is 6.40. The number of benzene rings is 1. The minimum Gasteiger partial charge on any atom is -0.508 e. The highest BCUT2D eigenvalue weighted by Crippen LogP contribution is 2.23. The molecule has 0 bridgehead atoms. The molecule has 1 unspecified atom stereocenters. The molecule has 1 heterocycles. The van der Waals surface area contributed by atoms with E-state index >= 15 is 0 Å². The second-order valence-electron chi connectivity index (χ2n) is 5.07. The number of rotatable bonds is 2. The summed E-state index contributed by atoms with van der Waals surface area (Å²) >= 11 is 0. The smallest absolute Gasteiger partial charge is 0.115 e. The van der Waals surface area contributed by atoms with E-state index in [1.54, 1.807) is 6.07 Å². The summed E-state index contributed by atoms with van der Waals surface area (Å²) in [6.07, 6.45) is 3.67. The molecule has 17 heavy (non-hydrogen) atoms. The Labute approximate surface area is 103 Å². The molecule has 1 atom stereocenters. The Morgan fingerprint density at radius 2 is 2.12 bits per heavy atom. The molecule has 0 saturated carbocycles. The summed E-state index contributed by atoms with van der Waals surface area (Å²) < 4.78 is 0. The molecule has 1 aromatic rings. The third kappa shape index (κ3) is 3.37. The molecule has 0 aliphatic carbocycles. The Morgan fingerprint density at radius 1 is 1.29 bits per heavy atom. The SMILES string of the molecule is Cc1cc(O)ccc1NC1CCCN(C)CC1. The van der Waals surface area contributed by atoms with Crippen LogP contribution < -0.4 is 5.32 Å². The first-order chi connectivity index (χ1) is 8.15. The molecule has 2 N–H and O–H groups in total. The molecule has 1 aliphatic heterocycles. The van der Waals surface area contributed by atoms with E-state index in [-0.39, 0.29) is 0 Å². The van der Waals surface area contributed by atoms with Crippen LogP contribution in [0.15, 0.2) is 18.2 Å². The van der Waals surface area contributed by atoms with Crippen LogP contribution in [0.5, 0.6) is 5.75 Å². The van der Waals surface area contributed by atoms with Crippen molar-refractivity contribution in [2.45, 2.75) is 32.2 Å². The van der Waals surface area contributed by atoms with Gasteiger partial charge in [-0.3, -0.25) is 0 Å². The number of likely N-dealkylation sites (tertiary alicyclic amines) is 1. The Morgan fingerprint density at radius 3 is 2.88 bits per heavy atom. The minimum atomic E-state index is 0.341. The number of hydrogen-bond acceptors (Lipinski definition) is 3. The van der Waals surface area contributed by atoms with E-state index in [2.05, 4.69) is 17.3 Å². The first kappa shape index (κ1) is 12.2. The zero-order chi connectivity index (χ0) is 12.3. The maximum atomic E-state index is 9.39. The van der Waals surface area contributed by atoms with Gasteiger partial charge in [0.05, 0.1) is 0 Å². The van der Waals surface area contributed by atoms with Crippen LogP contribution in [0.3, 0.4) is 0 Å². The van der Waals surface area contributed by atoms with E-state index in [1.165, 1.54) is 25.8 Å². The molecule has 1 aliphatic rings. The molecule has 0 radical (unpaired) electrons. The Bertz CT molecular complexity index is 378. The van der Waals surface area contributed by atoms with E-state index in [0.29, 0.717) is 11.8 Å². The maximum absolute atomic E-state index is 9.39. The number of aromatic hydroxyl groups is 1. The quantitative estimate of drug-likeness (QED) is 0.772. The summed E-state index contributed by atoms with van der Waals surface area (Å²) in [5, 5.41) is 13.0. The highest BCUT2D eigenvalue weighted by atomic mass is 16.3. The summed E-state index contributed by atoms with van der Waals surface area (Å²) in [4.78, 5) is 2.39. The van der Waals surface area contributed by atoms with Gasteiger partial charge < -0.3 is 15.3 Å². The van der Waals surface area contributed by atoms with Gasteiger partial charge in [-0.1, -0.05) is 0 Å². The predicted molar refractivity (Wildman–Crippen MR) is 71.6 cm³/mol. The van der Waals surface area contributed by atoms with Crippen molar-refractivity contribution < 1.29 is 5.11 Å². The number of hydrogen-bond donors (Lipinski definition) is 2. The maximum Gasteiger partial charge on any atom is 0.115 e. The van der Waals surface area contributed by atoms with Gasteiger partial charge in [-0.05, 0) is 70.1 Å². The van der Waals surface area contributed by atoms with Gasteiger partial charge in [0, 0.05) is 11.7 Å². The molecule has 0 aromatic heterocycles. The molecular formula is C14H22N2O. The normalized spacial score (nSPS) is 22.1. The molecule has 0 spiro atoms. The third-order valence-electron chi connectivity index (χ3n) is 3.52. The van der Waals surface area contributed by atoms with Gasteiger partial charge in [0.1, 0.15) is 5.75 Å². The van der Waals surface area contributed by atoms with Gasteiger partial charge in [0.2, 0.25) is 0 Å². The van der Waals surface area contributed by atoms with Crippen LogP contribution >= 0.6 is 0 Å². The van der Waals surface area contributed by atoms with Gasteiger partial charge in [0.25, 0.3) is 0 Å². The van der Waals surface area contributed by atoms with E-state index < -0.39 is 0 Å². The summed E-state index contributed by atoms with van der Waals surface area (Å²) in [5.41, 5.74) is 2.26. The summed E-state index contributed by atoms with van der Waals surface area (Å²) in [5.74, 6) is 0.341. The lowest BCUT2D eigenvalue weighted by molar-refractivity contribution is 0.348. The summed E-state index contributed by atoms with van der Waals surface area (Å²) in [6, 6.07) is 6.09. The molecule has 1 fully saturated rings. The zero-order valence-electron chi connectivity index (χ0n) is 10.7. The van der Waals surface area contributed by atoms with E-state index in [0.717, 1.165) is 17.8 Å². The molecular weight excluding hydrogens is 212 g/mol. The number of nitrogens with zero attached hydrogens (tertiary/aromatic N) is 1. The van der Waals surface area contributed by atoms with Crippen LogP contribution in [0.2, 0.25) is 0 Å². The van der Waals surface area contributed by atoms with Crippen LogP contribution in [-0.4, -0.2) is 36.2 Å². The predicted octanol–water partition coefficient (Wildman–Crippen LogP) is 2.60. The zero-order valence-corrected chi connectivity index (χ0v) is 10.7. The van der Waals surface area contributed by atoms with Gasteiger partial charge in [-0.2, -0.15) is 0 Å². The van der Waals surface area contributed by atoms with Crippen LogP contribution in [0.1, 0.15) is 24.8 Å². The Hall–Kier alpha value is -1.22. The van der Waals surface area contributed by atoms with Crippen molar-refractivity contribution in [2.24, 2.45) is 0 Å². The Kier molecular flexibility index (Phi) is 3.89. The van der Waals surface area contributed by atoms with Crippen LogP contribution in [0, 0.1) is 6.92 Å². The van der Waals surface area contributed by atoms with Crippen LogP contribution in [0.4, 0.5) is 5.69 Å². The van der Waals surface area contributed by atoms with Crippen molar-refractivity contribution in [2.75, 3.05) is 25.5 Å². The van der Waals surface area contributed by atoms with Crippen LogP contribution in [-0.2, 0) is 0 Å². The van der Waals surface area contributed by atoms with Gasteiger partial charge in [-0.15, -0.1) is 0 Å². The number of nitrogens with one attached hydrogen (secondary N) is 1. The van der Waals surface area contributed by atoms with Crippen molar-refractivity contribution in [1.82, 2.24) is 4.90 Å². The van der Waals surface area contributed by atoms with Gasteiger partial charge >= 0.3 is 0 Å². The fourth-order valence-corrected chi connectivity index (χ4v) is 2.41. The minimum absolute atomic E-state index is 0.341. The lowest BCUT2D eigenvalue weighted by atomic mass is 10.1. The topological polar surface area (TPSA) is 35.5 Å². The molecule has 94 valence electrons. The largest absolute Gasteiger partial charge is 0.508 e. The summed E-state index contributed by atoms with van der Waals surface area (Å²) in [7, 11) is 2.19. The van der Waals surface area contributed by atoms with Crippen molar-refractivity contribution >= 4 is 5.69 Å². The molecule has 1 aromatic carbocycles. The fraction of sp³-hybridized carbons (Fsp3) is 0.571. The lowest BCUT2D eigenvalue weighted by Crippen LogP contribution is -2.23. The van der Waals surface area contributed by atoms with Crippen molar-refractivity contribution in [3.63, 3.8) is 0 Å². The molecule has 3 heteroatoms. The van der Waals surface area contributed by atoms with Crippen molar-refractivity contribution in [1.29, 1.82) is 0 Å². The first-order valence-electron chi connectivity index (χ1n) is 6.40. The second kappa shape index (κ2) is 5.41. The van der Waals surface area contributed by atoms with Gasteiger partial charge in [-0.25, -0.2) is 0 Å². The van der Waals surface area contributed by atoms with E-state index in [4.69, 9.17) is 0 Å². The number of phenols is 1. The van der Waals surface area contributed by atoms with Crippen molar-refractivity contribution in [3.05, 3.63) is 23.8 Å². The summed E-state index contributed by atoms with van der Waals surface area (Å²) in [6.45, 7) is 4.40. The highest BCUT2D eigenvalue weighted by molar-refractivity contribution is 5.53. The highest BCUT2D eigenvalue weighted by Gasteiger charge is 2.15. The number of phenolic OH excluding ortho intramolecular Hbond substituents is 1. The standard InChI is InChI=1S/C14H22N2O/c1-11-10-13(17)5-6-14(11)15-12-4-3-8-16(2)9-7-12/h5-6,10,12,15,17H,3-4,7-9H2,1-2H3. The number of aryl methyl sites for hydroxylation is 1. The molecule has 1 saturated heterocycles. The number of anilines is 1.